The van der Waals surface area contributed by atoms with Crippen LogP contribution in [0.2, 0.25) is 0 Å². The molecule has 1 unspecified atom stereocenters. The highest BCUT2D eigenvalue weighted by Crippen LogP contribution is 2.64. The molecule has 0 aromatic heterocycles. The fourth-order valence-corrected chi connectivity index (χ4v) is 3.29. The summed E-state index contributed by atoms with van der Waals surface area (Å²) in [6.07, 6.45) is 2.27. The highest BCUT2D eigenvalue weighted by Gasteiger charge is 2.63. The lowest BCUT2D eigenvalue weighted by atomic mass is 9.86. The molecule has 0 spiro atoms. The van der Waals surface area contributed by atoms with Gasteiger partial charge in [-0.15, -0.1) is 0 Å². The van der Waals surface area contributed by atoms with E-state index in [0.717, 1.165) is 24.1 Å². The van der Waals surface area contributed by atoms with E-state index < -0.39 is 0 Å². The summed E-state index contributed by atoms with van der Waals surface area (Å²) in [4.78, 5) is 13.4. The summed E-state index contributed by atoms with van der Waals surface area (Å²) < 4.78 is 0. The normalized spacial score (nSPS) is 27.7. The topological polar surface area (TPSA) is 44.1 Å². The van der Waals surface area contributed by atoms with Crippen molar-refractivity contribution in [3.63, 3.8) is 0 Å². The molecule has 1 amide bonds. The van der Waals surface area contributed by atoms with Crippen LogP contribution in [0.15, 0.2) is 18.2 Å². The molecule has 2 aliphatic rings. The zero-order valence-electron chi connectivity index (χ0n) is 11.7. The number of aryl methyl sites for hydroxylation is 1. The first kappa shape index (κ1) is 12.2. The smallest absolute Gasteiger partial charge is 0.227 e. The number of anilines is 1. The predicted octanol–water partition coefficient (Wildman–Crippen LogP) is 2.79. The molecule has 1 saturated carbocycles. The summed E-state index contributed by atoms with van der Waals surface area (Å²) >= 11 is 0. The van der Waals surface area contributed by atoms with E-state index in [0.29, 0.717) is 6.42 Å². The lowest BCUT2D eigenvalue weighted by Crippen LogP contribution is -2.31. The quantitative estimate of drug-likeness (QED) is 0.773. The predicted molar refractivity (Wildman–Crippen MR) is 73.9 cm³/mol. The third-order valence-corrected chi connectivity index (χ3v) is 4.84. The van der Waals surface area contributed by atoms with Crippen molar-refractivity contribution in [2.45, 2.75) is 38.5 Å². The Morgan fingerprint density at radius 2 is 2.00 bits per heavy atom. The highest BCUT2D eigenvalue weighted by atomic mass is 16.2. The first-order chi connectivity index (χ1) is 8.91. The molecule has 3 rings (SSSR count). The Morgan fingerprint density at radius 3 is 2.58 bits per heavy atom. The molecule has 0 saturated heterocycles. The molecular weight excluding hydrogens is 236 g/mol. The van der Waals surface area contributed by atoms with Crippen molar-refractivity contribution in [1.29, 1.82) is 5.26 Å². The van der Waals surface area contributed by atoms with Gasteiger partial charge in [0.15, 0.2) is 0 Å². The summed E-state index contributed by atoms with van der Waals surface area (Å²) in [7, 11) is 1.82. The molecule has 3 heteroatoms. The number of hydrogen-bond acceptors (Lipinski definition) is 2. The number of hydrogen-bond donors (Lipinski definition) is 0. The van der Waals surface area contributed by atoms with Gasteiger partial charge in [-0.2, -0.15) is 5.26 Å². The minimum atomic E-state index is -0.331. The number of fused-ring (bicyclic) bond motifs is 1. The summed E-state index contributed by atoms with van der Waals surface area (Å²) in [5, 5.41) is 9.53. The van der Waals surface area contributed by atoms with Crippen LogP contribution in [0, 0.1) is 16.7 Å². The van der Waals surface area contributed by atoms with Gasteiger partial charge in [0.2, 0.25) is 5.91 Å². The zero-order valence-corrected chi connectivity index (χ0v) is 11.7. The second kappa shape index (κ2) is 3.60. The fourth-order valence-electron chi connectivity index (χ4n) is 3.29. The van der Waals surface area contributed by atoms with Gasteiger partial charge in [0, 0.05) is 19.2 Å². The van der Waals surface area contributed by atoms with Gasteiger partial charge in [0.1, 0.15) is 0 Å². The van der Waals surface area contributed by atoms with Crippen LogP contribution in [-0.4, -0.2) is 13.0 Å². The van der Waals surface area contributed by atoms with Crippen LogP contribution in [0.4, 0.5) is 5.69 Å². The molecule has 19 heavy (non-hydrogen) atoms. The van der Waals surface area contributed by atoms with Crippen LogP contribution >= 0.6 is 0 Å². The van der Waals surface area contributed by atoms with Crippen molar-refractivity contribution >= 4 is 11.6 Å². The Hall–Kier alpha value is -1.82. The molecule has 3 nitrogen and oxygen atoms in total. The minimum absolute atomic E-state index is 0.0619. The number of rotatable bonds is 1. The maximum Gasteiger partial charge on any atom is 0.227 e. The first-order valence-electron chi connectivity index (χ1n) is 6.72. The van der Waals surface area contributed by atoms with Crippen molar-refractivity contribution in [3.8, 4) is 6.07 Å². The maximum atomic E-state index is 11.7. The zero-order chi connectivity index (χ0) is 13.8. The molecule has 1 atom stereocenters. The molecule has 98 valence electrons. The molecule has 1 aliphatic carbocycles. The standard InChI is InChI=1S/C16H18N2O/c1-15(2)9-16(15,10-17)12-5-6-13-11(8-12)4-7-14(19)18(13)3/h5-6,8H,4,7,9H2,1-3H3. The summed E-state index contributed by atoms with van der Waals surface area (Å²) in [6.45, 7) is 4.29. The van der Waals surface area contributed by atoms with Gasteiger partial charge in [-0.05, 0) is 35.4 Å². The van der Waals surface area contributed by atoms with Crippen LogP contribution in [0.3, 0.4) is 0 Å². The molecule has 0 radical (unpaired) electrons. The third kappa shape index (κ3) is 1.53. The summed E-state index contributed by atoms with van der Waals surface area (Å²) in [5.41, 5.74) is 3.03. The largest absolute Gasteiger partial charge is 0.315 e. The minimum Gasteiger partial charge on any atom is -0.315 e. The van der Waals surface area contributed by atoms with Crippen LogP contribution < -0.4 is 4.90 Å². The molecule has 1 aliphatic heterocycles. The van der Waals surface area contributed by atoms with Crippen molar-refractivity contribution < 1.29 is 4.79 Å². The van der Waals surface area contributed by atoms with E-state index in [1.807, 2.05) is 19.2 Å². The molecule has 1 fully saturated rings. The first-order valence-corrected chi connectivity index (χ1v) is 6.72. The van der Waals surface area contributed by atoms with E-state index in [1.54, 1.807) is 4.90 Å². The van der Waals surface area contributed by atoms with Gasteiger partial charge < -0.3 is 4.90 Å². The van der Waals surface area contributed by atoms with Crippen molar-refractivity contribution in [2.75, 3.05) is 11.9 Å². The monoisotopic (exact) mass is 254 g/mol. The van der Waals surface area contributed by atoms with Crippen LogP contribution in [0.1, 0.15) is 37.8 Å². The second-order valence-electron chi connectivity index (χ2n) is 6.37. The van der Waals surface area contributed by atoms with Crippen LogP contribution in [-0.2, 0) is 16.6 Å². The number of carbonyl (C=O) groups is 1. The van der Waals surface area contributed by atoms with Crippen LogP contribution in [0.5, 0.6) is 0 Å². The lowest BCUT2D eigenvalue weighted by molar-refractivity contribution is -0.118. The molecular formula is C16H18N2O. The Morgan fingerprint density at radius 1 is 1.32 bits per heavy atom. The molecule has 1 heterocycles. The Bertz CT molecular complexity index is 612. The average Bonchev–Trinajstić information content (AvgIpc) is 2.97. The van der Waals surface area contributed by atoms with Gasteiger partial charge in [-0.1, -0.05) is 26.0 Å². The van der Waals surface area contributed by atoms with Crippen molar-refractivity contribution in [3.05, 3.63) is 29.3 Å². The van der Waals surface area contributed by atoms with E-state index >= 15 is 0 Å². The van der Waals surface area contributed by atoms with Crippen molar-refractivity contribution in [2.24, 2.45) is 5.41 Å². The fraction of sp³-hybridized carbons (Fsp3) is 0.500. The Labute approximate surface area is 113 Å². The number of carbonyl (C=O) groups excluding carboxylic acids is 1. The number of nitriles is 1. The van der Waals surface area contributed by atoms with E-state index in [4.69, 9.17) is 0 Å². The summed E-state index contributed by atoms with van der Waals surface area (Å²) in [6, 6.07) is 8.66. The van der Waals surface area contributed by atoms with Crippen LogP contribution in [0.25, 0.3) is 0 Å². The van der Waals surface area contributed by atoms with E-state index in [2.05, 4.69) is 26.0 Å². The second-order valence-corrected chi connectivity index (χ2v) is 6.37. The van der Waals surface area contributed by atoms with Gasteiger partial charge in [0.05, 0.1) is 11.5 Å². The average molecular weight is 254 g/mol. The third-order valence-electron chi connectivity index (χ3n) is 4.84. The van der Waals surface area contributed by atoms with E-state index in [1.165, 1.54) is 5.56 Å². The Balaban J connectivity index is 2.05. The van der Waals surface area contributed by atoms with Gasteiger partial charge >= 0.3 is 0 Å². The Kier molecular flexibility index (Phi) is 2.32. The number of amides is 1. The maximum absolute atomic E-state index is 11.7. The molecule has 1 aromatic carbocycles. The van der Waals surface area contributed by atoms with Gasteiger partial charge in [0.25, 0.3) is 0 Å². The number of nitrogens with zero attached hydrogens (tertiary/aromatic N) is 2. The van der Waals surface area contributed by atoms with Gasteiger partial charge in [-0.3, -0.25) is 4.79 Å². The molecule has 0 N–H and O–H groups in total. The van der Waals surface area contributed by atoms with E-state index in [-0.39, 0.29) is 16.7 Å². The summed E-state index contributed by atoms with van der Waals surface area (Å²) in [5.74, 6) is 0.169. The lowest BCUT2D eigenvalue weighted by Gasteiger charge is -2.27. The highest BCUT2D eigenvalue weighted by molar-refractivity contribution is 5.95. The van der Waals surface area contributed by atoms with E-state index in [9.17, 15) is 10.1 Å². The molecule has 1 aromatic rings. The SMILES string of the molecule is CN1C(=O)CCc2cc(C3(C#N)CC3(C)C)ccc21. The van der Waals surface area contributed by atoms with Gasteiger partial charge in [-0.25, -0.2) is 0 Å². The van der Waals surface area contributed by atoms with Crippen molar-refractivity contribution in [1.82, 2.24) is 0 Å². The number of benzene rings is 1. The molecule has 0 bridgehead atoms.